The van der Waals surface area contributed by atoms with E-state index >= 15 is 0 Å². The standard InChI is InChI=1S/C13H21N3OS/c1-2-13(5-3-6-13)9-15-12(17)10-8-18-11(16-10)4-7-14/h8H,2-7,9,14H2,1H3,(H,15,17). The fraction of sp³-hybridized carbons (Fsp3) is 0.692. The van der Waals surface area contributed by atoms with Crippen molar-refractivity contribution in [3.63, 3.8) is 0 Å². The van der Waals surface area contributed by atoms with Crippen LogP contribution in [0.4, 0.5) is 0 Å². The first-order chi connectivity index (χ1) is 8.69. The molecular weight excluding hydrogens is 246 g/mol. The Hall–Kier alpha value is -0.940. The second-order valence-corrected chi connectivity index (χ2v) is 6.00. The molecule has 100 valence electrons. The fourth-order valence-corrected chi connectivity index (χ4v) is 3.14. The van der Waals surface area contributed by atoms with Crippen LogP contribution in [0.3, 0.4) is 0 Å². The molecule has 0 bridgehead atoms. The molecule has 1 aliphatic rings. The van der Waals surface area contributed by atoms with E-state index in [-0.39, 0.29) is 5.91 Å². The van der Waals surface area contributed by atoms with Crippen molar-refractivity contribution in [2.24, 2.45) is 11.1 Å². The van der Waals surface area contributed by atoms with Gasteiger partial charge in [-0.15, -0.1) is 11.3 Å². The second-order valence-electron chi connectivity index (χ2n) is 5.05. The lowest BCUT2D eigenvalue weighted by atomic mass is 9.67. The molecule has 1 fully saturated rings. The summed E-state index contributed by atoms with van der Waals surface area (Å²) in [5, 5.41) is 5.78. The van der Waals surface area contributed by atoms with Gasteiger partial charge >= 0.3 is 0 Å². The summed E-state index contributed by atoms with van der Waals surface area (Å²) in [6, 6.07) is 0. The molecule has 0 saturated heterocycles. The summed E-state index contributed by atoms with van der Waals surface area (Å²) in [6.45, 7) is 3.56. The second kappa shape index (κ2) is 5.80. The zero-order valence-electron chi connectivity index (χ0n) is 10.9. The zero-order valence-corrected chi connectivity index (χ0v) is 11.7. The third kappa shape index (κ3) is 2.90. The van der Waals surface area contributed by atoms with Crippen LogP contribution in [-0.2, 0) is 6.42 Å². The molecule has 5 heteroatoms. The van der Waals surface area contributed by atoms with Gasteiger partial charge in [0.25, 0.3) is 5.91 Å². The largest absolute Gasteiger partial charge is 0.350 e. The number of carbonyl (C=O) groups excluding carboxylic acids is 1. The average Bonchev–Trinajstić information content (AvgIpc) is 2.77. The van der Waals surface area contributed by atoms with Crippen molar-refractivity contribution in [1.82, 2.24) is 10.3 Å². The molecule has 1 aromatic heterocycles. The summed E-state index contributed by atoms with van der Waals surface area (Å²) in [5.41, 5.74) is 6.36. The number of hydrogen-bond donors (Lipinski definition) is 2. The van der Waals surface area contributed by atoms with E-state index < -0.39 is 0 Å². The molecular formula is C13H21N3OS. The maximum atomic E-state index is 12.0. The van der Waals surface area contributed by atoms with Gasteiger partial charge in [0.1, 0.15) is 5.69 Å². The van der Waals surface area contributed by atoms with Crippen LogP contribution in [-0.4, -0.2) is 24.0 Å². The minimum atomic E-state index is -0.0470. The average molecular weight is 267 g/mol. The van der Waals surface area contributed by atoms with Crippen molar-refractivity contribution in [3.05, 3.63) is 16.1 Å². The van der Waals surface area contributed by atoms with E-state index in [0.717, 1.165) is 24.4 Å². The van der Waals surface area contributed by atoms with Gasteiger partial charge in [0.15, 0.2) is 0 Å². The quantitative estimate of drug-likeness (QED) is 0.828. The van der Waals surface area contributed by atoms with Crippen molar-refractivity contribution in [1.29, 1.82) is 0 Å². The van der Waals surface area contributed by atoms with E-state index in [2.05, 4.69) is 17.2 Å². The molecule has 3 N–H and O–H groups in total. The molecule has 0 unspecified atom stereocenters. The topological polar surface area (TPSA) is 68.0 Å². The molecule has 0 aromatic carbocycles. The van der Waals surface area contributed by atoms with Crippen LogP contribution < -0.4 is 11.1 Å². The molecule has 1 amide bonds. The summed E-state index contributed by atoms with van der Waals surface area (Å²) in [5.74, 6) is -0.0470. The summed E-state index contributed by atoms with van der Waals surface area (Å²) < 4.78 is 0. The van der Waals surface area contributed by atoms with Gasteiger partial charge in [-0.05, 0) is 31.2 Å². The highest BCUT2D eigenvalue weighted by Gasteiger charge is 2.35. The van der Waals surface area contributed by atoms with Gasteiger partial charge in [-0.2, -0.15) is 0 Å². The monoisotopic (exact) mass is 267 g/mol. The smallest absolute Gasteiger partial charge is 0.270 e. The predicted molar refractivity (Wildman–Crippen MR) is 73.8 cm³/mol. The van der Waals surface area contributed by atoms with Gasteiger partial charge < -0.3 is 11.1 Å². The van der Waals surface area contributed by atoms with E-state index in [9.17, 15) is 4.79 Å². The van der Waals surface area contributed by atoms with Crippen LogP contribution in [0, 0.1) is 5.41 Å². The predicted octanol–water partition coefficient (Wildman–Crippen LogP) is 1.95. The highest BCUT2D eigenvalue weighted by Crippen LogP contribution is 2.43. The third-order valence-corrected chi connectivity index (χ3v) is 4.84. The number of nitrogens with two attached hydrogens (primary N) is 1. The fourth-order valence-electron chi connectivity index (χ4n) is 2.34. The van der Waals surface area contributed by atoms with Crippen molar-refractivity contribution < 1.29 is 4.79 Å². The Bertz CT molecular complexity index is 407. The molecule has 0 atom stereocenters. The van der Waals surface area contributed by atoms with Crippen molar-refractivity contribution in [2.45, 2.75) is 39.0 Å². The molecule has 0 radical (unpaired) electrons. The van der Waals surface area contributed by atoms with E-state index in [1.165, 1.54) is 30.6 Å². The number of thiazole rings is 1. The molecule has 1 heterocycles. The maximum Gasteiger partial charge on any atom is 0.270 e. The van der Waals surface area contributed by atoms with E-state index in [1.54, 1.807) is 0 Å². The van der Waals surface area contributed by atoms with Gasteiger partial charge in [0.05, 0.1) is 5.01 Å². The van der Waals surface area contributed by atoms with E-state index in [0.29, 0.717) is 17.7 Å². The summed E-state index contributed by atoms with van der Waals surface area (Å²) >= 11 is 1.51. The lowest BCUT2D eigenvalue weighted by Crippen LogP contribution is -2.41. The van der Waals surface area contributed by atoms with Crippen LogP contribution in [0.25, 0.3) is 0 Å². The molecule has 1 saturated carbocycles. The summed E-state index contributed by atoms with van der Waals surface area (Å²) in [7, 11) is 0. The number of aromatic nitrogens is 1. The van der Waals surface area contributed by atoms with Crippen LogP contribution in [0.15, 0.2) is 5.38 Å². The molecule has 1 aliphatic carbocycles. The zero-order chi connectivity index (χ0) is 13.0. The van der Waals surface area contributed by atoms with Gasteiger partial charge in [-0.3, -0.25) is 4.79 Å². The first-order valence-electron chi connectivity index (χ1n) is 6.62. The number of hydrogen-bond acceptors (Lipinski definition) is 4. The summed E-state index contributed by atoms with van der Waals surface area (Å²) in [6.07, 6.45) is 5.65. The molecule has 2 rings (SSSR count). The van der Waals surface area contributed by atoms with E-state index in [1.807, 2.05) is 5.38 Å². The highest BCUT2D eigenvalue weighted by molar-refractivity contribution is 7.09. The normalized spacial score (nSPS) is 17.2. The Labute approximate surface area is 112 Å². The molecule has 0 spiro atoms. The number of nitrogens with one attached hydrogen (secondary N) is 1. The van der Waals surface area contributed by atoms with Crippen LogP contribution in [0.5, 0.6) is 0 Å². The lowest BCUT2D eigenvalue weighted by molar-refractivity contribution is 0.0846. The Kier molecular flexibility index (Phi) is 4.35. The highest BCUT2D eigenvalue weighted by atomic mass is 32.1. The van der Waals surface area contributed by atoms with Crippen LogP contribution in [0.1, 0.15) is 48.1 Å². The first-order valence-corrected chi connectivity index (χ1v) is 7.50. The number of nitrogens with zero attached hydrogens (tertiary/aromatic N) is 1. The molecule has 0 aliphatic heterocycles. The van der Waals surface area contributed by atoms with Crippen molar-refractivity contribution in [2.75, 3.05) is 13.1 Å². The van der Waals surface area contributed by atoms with Crippen LogP contribution >= 0.6 is 11.3 Å². The number of carbonyl (C=O) groups is 1. The molecule has 4 nitrogen and oxygen atoms in total. The van der Waals surface area contributed by atoms with E-state index in [4.69, 9.17) is 5.73 Å². The Balaban J connectivity index is 1.87. The lowest BCUT2D eigenvalue weighted by Gasteiger charge is -2.41. The van der Waals surface area contributed by atoms with Crippen molar-refractivity contribution >= 4 is 17.2 Å². The first kappa shape index (κ1) is 13.5. The molecule has 18 heavy (non-hydrogen) atoms. The maximum absolute atomic E-state index is 12.0. The summed E-state index contributed by atoms with van der Waals surface area (Å²) in [4.78, 5) is 16.3. The number of rotatable bonds is 6. The SMILES string of the molecule is CCC1(CNC(=O)c2csc(CCN)n2)CCC1. The van der Waals surface area contributed by atoms with Gasteiger partial charge in [0.2, 0.25) is 0 Å². The van der Waals surface area contributed by atoms with Crippen LogP contribution in [0.2, 0.25) is 0 Å². The number of amides is 1. The Morgan fingerprint density at radius 2 is 2.39 bits per heavy atom. The van der Waals surface area contributed by atoms with Crippen molar-refractivity contribution in [3.8, 4) is 0 Å². The molecule has 1 aromatic rings. The van der Waals surface area contributed by atoms with Gasteiger partial charge in [-0.1, -0.05) is 13.3 Å². The Morgan fingerprint density at radius 3 is 2.94 bits per heavy atom. The van der Waals surface area contributed by atoms with Gasteiger partial charge in [-0.25, -0.2) is 4.98 Å². The Morgan fingerprint density at radius 1 is 1.61 bits per heavy atom. The third-order valence-electron chi connectivity index (χ3n) is 3.93. The van der Waals surface area contributed by atoms with Gasteiger partial charge in [0, 0.05) is 18.3 Å². The minimum absolute atomic E-state index is 0.0470. The minimum Gasteiger partial charge on any atom is -0.350 e.